The second kappa shape index (κ2) is 11.4. The lowest BCUT2D eigenvalue weighted by atomic mass is 10.2. The van der Waals surface area contributed by atoms with Crippen LogP contribution in [0.1, 0.15) is 55.6 Å². The predicted molar refractivity (Wildman–Crippen MR) is 122 cm³/mol. The van der Waals surface area contributed by atoms with Crippen LogP contribution >= 0.6 is 35.3 Å². The van der Waals surface area contributed by atoms with Crippen LogP contribution in [-0.4, -0.2) is 54.6 Å². The molecule has 2 fully saturated rings. The van der Waals surface area contributed by atoms with Crippen molar-refractivity contribution in [2.45, 2.75) is 70.4 Å². The van der Waals surface area contributed by atoms with Crippen molar-refractivity contribution in [3.05, 3.63) is 16.1 Å². The van der Waals surface area contributed by atoms with E-state index in [9.17, 15) is 0 Å². The molecule has 0 aromatic carbocycles. The first-order valence-corrected chi connectivity index (χ1v) is 10.7. The average molecular weight is 491 g/mol. The maximum Gasteiger partial charge on any atom is 0.191 e. The number of nitrogens with zero attached hydrogens (tertiary/aromatic N) is 3. The lowest BCUT2D eigenvalue weighted by Crippen LogP contribution is -2.45. The first-order valence-electron chi connectivity index (χ1n) is 9.87. The molecule has 3 rings (SSSR count). The van der Waals surface area contributed by atoms with Gasteiger partial charge in [0.05, 0.1) is 5.01 Å². The summed E-state index contributed by atoms with van der Waals surface area (Å²) in [4.78, 5) is 11.6. The number of aromatic nitrogens is 1. The molecule has 1 aliphatic heterocycles. The topological polar surface area (TPSA) is 52.6 Å². The van der Waals surface area contributed by atoms with E-state index in [1.807, 2.05) is 7.05 Å². The number of likely N-dealkylation sites (tertiary alicyclic amines) is 1. The molecule has 1 saturated carbocycles. The molecule has 2 N–H and O–H groups in total. The molecule has 0 bridgehead atoms. The van der Waals surface area contributed by atoms with Crippen LogP contribution in [0.3, 0.4) is 0 Å². The predicted octanol–water partition coefficient (Wildman–Crippen LogP) is 3.57. The molecular formula is C19H34IN5S. The van der Waals surface area contributed by atoms with Crippen LogP contribution in [0.25, 0.3) is 0 Å². The Morgan fingerprint density at radius 2 is 2.12 bits per heavy atom. The van der Waals surface area contributed by atoms with Crippen molar-refractivity contribution in [2.24, 2.45) is 4.99 Å². The van der Waals surface area contributed by atoms with Gasteiger partial charge in [-0.05, 0) is 45.4 Å². The van der Waals surface area contributed by atoms with Gasteiger partial charge < -0.3 is 10.6 Å². The highest BCUT2D eigenvalue weighted by Crippen LogP contribution is 2.26. The summed E-state index contributed by atoms with van der Waals surface area (Å²) in [7, 11) is 1.87. The molecule has 2 heterocycles. The fraction of sp³-hybridized carbons (Fsp3) is 0.789. The van der Waals surface area contributed by atoms with E-state index in [1.54, 1.807) is 11.3 Å². The Labute approximate surface area is 179 Å². The number of halogens is 1. The summed E-state index contributed by atoms with van der Waals surface area (Å²) in [5.74, 6) is 0.961. The summed E-state index contributed by atoms with van der Waals surface area (Å²) in [6.07, 6.45) is 10.3. The normalized spacial score (nSPS) is 21.8. The van der Waals surface area contributed by atoms with Gasteiger partial charge in [0, 0.05) is 49.8 Å². The highest BCUT2D eigenvalue weighted by atomic mass is 127. The van der Waals surface area contributed by atoms with E-state index in [0.717, 1.165) is 37.1 Å². The Morgan fingerprint density at radius 1 is 1.31 bits per heavy atom. The quantitative estimate of drug-likeness (QED) is 0.265. The zero-order valence-corrected chi connectivity index (χ0v) is 19.3. The molecule has 7 heteroatoms. The number of aryl methyl sites for hydroxylation is 2. The summed E-state index contributed by atoms with van der Waals surface area (Å²) in [5, 5.41) is 10.5. The second-order valence-electron chi connectivity index (χ2n) is 7.40. The maximum absolute atomic E-state index is 4.53. The molecule has 0 spiro atoms. The Morgan fingerprint density at radius 3 is 2.81 bits per heavy atom. The van der Waals surface area contributed by atoms with Crippen molar-refractivity contribution in [2.75, 3.05) is 26.7 Å². The first kappa shape index (κ1) is 21.9. The van der Waals surface area contributed by atoms with E-state index in [0.29, 0.717) is 6.04 Å². The van der Waals surface area contributed by atoms with Crippen molar-refractivity contribution in [3.63, 3.8) is 0 Å². The Kier molecular flexibility index (Phi) is 9.63. The fourth-order valence-electron chi connectivity index (χ4n) is 4.02. The van der Waals surface area contributed by atoms with Crippen molar-refractivity contribution in [1.82, 2.24) is 20.5 Å². The monoisotopic (exact) mass is 491 g/mol. The standard InChI is InChI=1S/C19H33N5S.HI/c1-15-14-25-18(22-15)9-5-6-11-21-19(20-2)23-16-10-12-24(13-16)17-7-3-4-8-17;/h14,16-17H,3-13H2,1-2H3,(H2,20,21,23);1H. The van der Waals surface area contributed by atoms with Gasteiger partial charge in [0.15, 0.2) is 5.96 Å². The molecule has 1 aliphatic carbocycles. The highest BCUT2D eigenvalue weighted by Gasteiger charge is 2.30. The summed E-state index contributed by atoms with van der Waals surface area (Å²) >= 11 is 1.78. The van der Waals surface area contributed by atoms with Gasteiger partial charge in [-0.15, -0.1) is 35.3 Å². The molecule has 26 heavy (non-hydrogen) atoms. The van der Waals surface area contributed by atoms with Crippen LogP contribution in [0.2, 0.25) is 0 Å². The van der Waals surface area contributed by atoms with Gasteiger partial charge in [0.1, 0.15) is 0 Å². The molecule has 0 radical (unpaired) electrons. The molecule has 2 aliphatic rings. The summed E-state index contributed by atoms with van der Waals surface area (Å²) in [6.45, 7) is 5.46. The first-order chi connectivity index (χ1) is 12.2. The van der Waals surface area contributed by atoms with Crippen molar-refractivity contribution in [1.29, 1.82) is 0 Å². The van der Waals surface area contributed by atoms with E-state index in [-0.39, 0.29) is 24.0 Å². The molecule has 1 unspecified atom stereocenters. The summed E-state index contributed by atoms with van der Waals surface area (Å²) in [5.41, 5.74) is 1.14. The molecule has 5 nitrogen and oxygen atoms in total. The lowest BCUT2D eigenvalue weighted by Gasteiger charge is -2.24. The molecular weight excluding hydrogens is 457 g/mol. The van der Waals surface area contributed by atoms with Gasteiger partial charge >= 0.3 is 0 Å². The van der Waals surface area contributed by atoms with Crippen molar-refractivity contribution in [3.8, 4) is 0 Å². The van der Waals surface area contributed by atoms with E-state index in [4.69, 9.17) is 0 Å². The van der Waals surface area contributed by atoms with Gasteiger partial charge in [-0.3, -0.25) is 9.89 Å². The zero-order valence-electron chi connectivity index (χ0n) is 16.2. The zero-order chi connectivity index (χ0) is 17.5. The number of unbranched alkanes of at least 4 members (excludes halogenated alkanes) is 1. The van der Waals surface area contributed by atoms with Crippen LogP contribution in [0, 0.1) is 6.92 Å². The van der Waals surface area contributed by atoms with Crippen LogP contribution in [0.15, 0.2) is 10.4 Å². The third kappa shape index (κ3) is 6.64. The molecule has 1 aromatic rings. The molecule has 1 saturated heterocycles. The third-order valence-electron chi connectivity index (χ3n) is 5.40. The Balaban J connectivity index is 0.00000243. The number of aliphatic imine (C=N–C) groups is 1. The summed E-state index contributed by atoms with van der Waals surface area (Å²) < 4.78 is 0. The number of hydrogen-bond donors (Lipinski definition) is 2. The van der Waals surface area contributed by atoms with E-state index < -0.39 is 0 Å². The van der Waals surface area contributed by atoms with E-state index >= 15 is 0 Å². The van der Waals surface area contributed by atoms with Gasteiger partial charge in [-0.25, -0.2) is 4.98 Å². The van der Waals surface area contributed by atoms with Gasteiger partial charge in [0.2, 0.25) is 0 Å². The maximum atomic E-state index is 4.53. The molecule has 1 aromatic heterocycles. The number of thiazole rings is 1. The number of guanidine groups is 1. The summed E-state index contributed by atoms with van der Waals surface area (Å²) in [6, 6.07) is 1.39. The highest BCUT2D eigenvalue weighted by molar-refractivity contribution is 14.0. The number of rotatable bonds is 7. The SMILES string of the molecule is CN=C(NCCCCc1nc(C)cs1)NC1CCN(C2CCCC2)C1.I. The van der Waals surface area contributed by atoms with Crippen molar-refractivity contribution < 1.29 is 0 Å². The van der Waals surface area contributed by atoms with Gasteiger partial charge in [-0.1, -0.05) is 12.8 Å². The number of nitrogens with one attached hydrogen (secondary N) is 2. The molecule has 0 amide bonds. The van der Waals surface area contributed by atoms with E-state index in [2.05, 4.69) is 37.8 Å². The van der Waals surface area contributed by atoms with E-state index in [1.165, 1.54) is 56.6 Å². The van der Waals surface area contributed by atoms with Crippen LogP contribution < -0.4 is 10.6 Å². The Bertz CT molecular complexity index is 556. The minimum Gasteiger partial charge on any atom is -0.356 e. The Hall–Kier alpha value is -0.410. The minimum absolute atomic E-state index is 0. The van der Waals surface area contributed by atoms with Crippen LogP contribution in [0.4, 0.5) is 0 Å². The van der Waals surface area contributed by atoms with Crippen LogP contribution in [-0.2, 0) is 6.42 Å². The van der Waals surface area contributed by atoms with Crippen molar-refractivity contribution >= 4 is 41.3 Å². The molecule has 148 valence electrons. The third-order valence-corrected chi connectivity index (χ3v) is 6.43. The smallest absolute Gasteiger partial charge is 0.191 e. The fourth-order valence-corrected chi connectivity index (χ4v) is 4.84. The number of hydrogen-bond acceptors (Lipinski definition) is 4. The second-order valence-corrected chi connectivity index (χ2v) is 8.34. The van der Waals surface area contributed by atoms with Gasteiger partial charge in [-0.2, -0.15) is 0 Å². The lowest BCUT2D eigenvalue weighted by molar-refractivity contribution is 0.242. The average Bonchev–Trinajstić information content (AvgIpc) is 3.35. The largest absolute Gasteiger partial charge is 0.356 e. The van der Waals surface area contributed by atoms with Crippen LogP contribution in [0.5, 0.6) is 0 Å². The molecule has 1 atom stereocenters. The van der Waals surface area contributed by atoms with Gasteiger partial charge in [0.25, 0.3) is 0 Å². The minimum atomic E-state index is 0.